The number of hydrogen-bond donors (Lipinski definition) is 1. The number of ether oxygens (including phenoxy) is 1. The molecular weight excluding hydrogens is 416 g/mol. The molecule has 0 saturated heterocycles. The molecule has 138 valence electrons. The molecule has 0 aromatic heterocycles. The fourth-order valence-electron chi connectivity index (χ4n) is 3.62. The SMILES string of the molecule is N#Cc1cccc(CNC(=O)OCC2c3ccccc3-c3ccccc32)c1Br. The van der Waals surface area contributed by atoms with Gasteiger partial charge in [-0.15, -0.1) is 0 Å². The van der Waals surface area contributed by atoms with Crippen LogP contribution in [0.5, 0.6) is 0 Å². The van der Waals surface area contributed by atoms with Crippen molar-refractivity contribution in [3.8, 4) is 17.2 Å². The van der Waals surface area contributed by atoms with Crippen molar-refractivity contribution < 1.29 is 9.53 Å². The number of rotatable bonds is 4. The maximum absolute atomic E-state index is 12.2. The molecule has 0 fully saturated rings. The number of alkyl carbamates (subject to hydrolysis) is 1. The van der Waals surface area contributed by atoms with Crippen molar-refractivity contribution in [2.75, 3.05) is 6.61 Å². The summed E-state index contributed by atoms with van der Waals surface area (Å²) < 4.78 is 6.22. The molecule has 1 aliphatic carbocycles. The second-order valence-corrected chi connectivity index (χ2v) is 7.36. The smallest absolute Gasteiger partial charge is 0.407 e. The topological polar surface area (TPSA) is 62.1 Å². The third-order valence-electron chi connectivity index (χ3n) is 4.97. The number of nitrogens with zero attached hydrogens (tertiary/aromatic N) is 1. The van der Waals surface area contributed by atoms with E-state index in [1.807, 2.05) is 30.3 Å². The van der Waals surface area contributed by atoms with Gasteiger partial charge >= 0.3 is 6.09 Å². The van der Waals surface area contributed by atoms with Crippen molar-refractivity contribution in [2.24, 2.45) is 0 Å². The summed E-state index contributed by atoms with van der Waals surface area (Å²) in [7, 11) is 0. The number of amides is 1. The number of halogens is 1. The van der Waals surface area contributed by atoms with Crippen LogP contribution >= 0.6 is 15.9 Å². The summed E-state index contributed by atoms with van der Waals surface area (Å²) in [5, 5.41) is 11.9. The molecule has 1 N–H and O–H groups in total. The van der Waals surface area contributed by atoms with Gasteiger partial charge in [-0.2, -0.15) is 5.26 Å². The zero-order valence-corrected chi connectivity index (χ0v) is 16.6. The van der Waals surface area contributed by atoms with Crippen molar-refractivity contribution in [3.63, 3.8) is 0 Å². The van der Waals surface area contributed by atoms with Gasteiger partial charge in [0.15, 0.2) is 0 Å². The van der Waals surface area contributed by atoms with Gasteiger partial charge < -0.3 is 10.1 Å². The van der Waals surface area contributed by atoms with E-state index in [1.165, 1.54) is 22.3 Å². The van der Waals surface area contributed by atoms with Crippen molar-refractivity contribution in [2.45, 2.75) is 12.5 Å². The standard InChI is InChI=1S/C23H17BrN2O2/c24-22-15(12-25)6-5-7-16(22)13-26-23(27)28-14-21-19-10-3-1-8-17(19)18-9-2-4-11-20(18)21/h1-11,21H,13-14H2,(H,26,27). The lowest BCUT2D eigenvalue weighted by Gasteiger charge is -2.15. The molecule has 0 saturated carbocycles. The molecule has 0 heterocycles. The van der Waals surface area contributed by atoms with Crippen molar-refractivity contribution in [1.82, 2.24) is 5.32 Å². The van der Waals surface area contributed by atoms with Crippen LogP contribution in [-0.2, 0) is 11.3 Å². The molecule has 3 aromatic carbocycles. The maximum atomic E-state index is 12.2. The molecule has 0 bridgehead atoms. The lowest BCUT2D eigenvalue weighted by Crippen LogP contribution is -2.25. The van der Waals surface area contributed by atoms with Crippen LogP contribution in [0.2, 0.25) is 0 Å². The third-order valence-corrected chi connectivity index (χ3v) is 5.90. The van der Waals surface area contributed by atoms with Crippen LogP contribution in [0.25, 0.3) is 11.1 Å². The first-order valence-electron chi connectivity index (χ1n) is 8.95. The van der Waals surface area contributed by atoms with Gasteiger partial charge in [0, 0.05) is 16.9 Å². The fraction of sp³-hybridized carbons (Fsp3) is 0.130. The van der Waals surface area contributed by atoms with Crippen LogP contribution in [0.15, 0.2) is 71.2 Å². The first kappa shape index (κ1) is 18.3. The zero-order chi connectivity index (χ0) is 19.5. The highest BCUT2D eigenvalue weighted by molar-refractivity contribution is 9.10. The number of nitrogens with one attached hydrogen (secondary N) is 1. The average molecular weight is 433 g/mol. The first-order chi connectivity index (χ1) is 13.7. The third kappa shape index (κ3) is 3.39. The van der Waals surface area contributed by atoms with Gasteiger partial charge in [-0.1, -0.05) is 60.7 Å². The fourth-order valence-corrected chi connectivity index (χ4v) is 4.11. The molecule has 3 aromatic rings. The minimum absolute atomic E-state index is 0.0341. The van der Waals surface area contributed by atoms with E-state index in [1.54, 1.807) is 12.1 Å². The van der Waals surface area contributed by atoms with Crippen molar-refractivity contribution >= 4 is 22.0 Å². The maximum Gasteiger partial charge on any atom is 0.407 e. The summed E-state index contributed by atoms with van der Waals surface area (Å²) in [5.74, 6) is 0.0341. The van der Waals surface area contributed by atoms with Crippen molar-refractivity contribution in [3.05, 3.63) is 93.5 Å². The second kappa shape index (κ2) is 7.87. The van der Waals surface area contributed by atoms with E-state index in [9.17, 15) is 4.79 Å². The van der Waals surface area contributed by atoms with E-state index in [4.69, 9.17) is 10.00 Å². The Bertz CT molecular complexity index is 1040. The van der Waals surface area contributed by atoms with Gasteiger partial charge in [0.2, 0.25) is 0 Å². The molecule has 0 radical (unpaired) electrons. The number of hydrogen-bond acceptors (Lipinski definition) is 3. The highest BCUT2D eigenvalue weighted by Crippen LogP contribution is 2.44. The monoisotopic (exact) mass is 432 g/mol. The van der Waals surface area contributed by atoms with E-state index in [-0.39, 0.29) is 19.1 Å². The Morgan fingerprint density at radius 1 is 1.00 bits per heavy atom. The van der Waals surface area contributed by atoms with Gasteiger partial charge in [0.25, 0.3) is 0 Å². The van der Waals surface area contributed by atoms with E-state index in [0.29, 0.717) is 10.0 Å². The molecule has 0 aliphatic heterocycles. The summed E-state index contributed by atoms with van der Waals surface area (Å²) in [4.78, 5) is 12.2. The lowest BCUT2D eigenvalue weighted by atomic mass is 9.98. The minimum atomic E-state index is -0.476. The Morgan fingerprint density at radius 2 is 1.64 bits per heavy atom. The van der Waals surface area contributed by atoms with Crippen LogP contribution in [0.1, 0.15) is 28.2 Å². The molecule has 4 rings (SSSR count). The first-order valence-corrected chi connectivity index (χ1v) is 9.74. The van der Waals surface area contributed by atoms with Crippen LogP contribution < -0.4 is 5.32 Å². The van der Waals surface area contributed by atoms with E-state index in [2.05, 4.69) is 51.6 Å². The van der Waals surface area contributed by atoms with Gasteiger partial charge in [-0.05, 0) is 49.8 Å². The normalized spacial score (nSPS) is 12.0. The Morgan fingerprint density at radius 3 is 2.29 bits per heavy atom. The highest BCUT2D eigenvalue weighted by atomic mass is 79.9. The zero-order valence-electron chi connectivity index (χ0n) is 15.0. The van der Waals surface area contributed by atoms with E-state index >= 15 is 0 Å². The highest BCUT2D eigenvalue weighted by Gasteiger charge is 2.28. The molecule has 28 heavy (non-hydrogen) atoms. The summed E-state index contributed by atoms with van der Waals surface area (Å²) in [6.07, 6.45) is -0.476. The Balaban J connectivity index is 1.43. The van der Waals surface area contributed by atoms with E-state index < -0.39 is 6.09 Å². The number of nitriles is 1. The van der Waals surface area contributed by atoms with Gasteiger partial charge in [-0.3, -0.25) is 0 Å². The average Bonchev–Trinajstić information content (AvgIpc) is 3.05. The lowest BCUT2D eigenvalue weighted by molar-refractivity contribution is 0.142. The second-order valence-electron chi connectivity index (χ2n) is 6.57. The predicted octanol–water partition coefficient (Wildman–Crippen LogP) is 5.36. The number of carbonyl (C=O) groups excluding carboxylic acids is 1. The van der Waals surface area contributed by atoms with Crippen LogP contribution in [0.4, 0.5) is 4.79 Å². The quantitative estimate of drug-likeness (QED) is 0.603. The predicted molar refractivity (Wildman–Crippen MR) is 111 cm³/mol. The summed E-state index contributed by atoms with van der Waals surface area (Å²) in [5.41, 5.74) is 6.12. The van der Waals surface area contributed by atoms with Crippen molar-refractivity contribution in [1.29, 1.82) is 5.26 Å². The number of benzene rings is 3. The molecular formula is C23H17BrN2O2. The molecule has 1 aliphatic rings. The molecule has 0 unspecified atom stereocenters. The molecule has 0 atom stereocenters. The Labute approximate surface area is 171 Å². The van der Waals surface area contributed by atoms with Crippen LogP contribution in [0.3, 0.4) is 0 Å². The van der Waals surface area contributed by atoms with Gasteiger partial charge in [0.05, 0.1) is 5.56 Å². The van der Waals surface area contributed by atoms with Gasteiger partial charge in [-0.25, -0.2) is 4.79 Å². The van der Waals surface area contributed by atoms with Crippen LogP contribution in [-0.4, -0.2) is 12.7 Å². The Hall–Kier alpha value is -3.10. The summed E-state index contributed by atoms with van der Waals surface area (Å²) in [6, 6.07) is 23.9. The number of fused-ring (bicyclic) bond motifs is 3. The molecule has 4 nitrogen and oxygen atoms in total. The summed E-state index contributed by atoms with van der Waals surface area (Å²) >= 11 is 3.41. The summed E-state index contributed by atoms with van der Waals surface area (Å²) in [6.45, 7) is 0.562. The molecule has 1 amide bonds. The van der Waals surface area contributed by atoms with Crippen LogP contribution in [0, 0.1) is 11.3 Å². The van der Waals surface area contributed by atoms with E-state index in [0.717, 1.165) is 5.56 Å². The number of carbonyl (C=O) groups is 1. The molecule has 5 heteroatoms. The largest absolute Gasteiger partial charge is 0.449 e. The molecule has 0 spiro atoms. The minimum Gasteiger partial charge on any atom is -0.449 e. The van der Waals surface area contributed by atoms with Gasteiger partial charge in [0.1, 0.15) is 12.7 Å². The Kier molecular flexibility index (Phi) is 5.14.